The molecule has 4 nitrogen and oxygen atoms in total. The molecule has 0 saturated heterocycles. The first kappa shape index (κ1) is 16.2. The van der Waals surface area contributed by atoms with E-state index in [1.165, 1.54) is 12.1 Å². The molecule has 0 spiro atoms. The molecule has 0 heterocycles. The van der Waals surface area contributed by atoms with Crippen LogP contribution in [0.15, 0.2) is 48.5 Å². The Labute approximate surface area is 128 Å². The summed E-state index contributed by atoms with van der Waals surface area (Å²) >= 11 is 0. The normalized spacial score (nSPS) is 11.2. The molecule has 0 aliphatic heterocycles. The summed E-state index contributed by atoms with van der Waals surface area (Å²) in [5.74, 6) is -0.704. The van der Waals surface area contributed by atoms with Gasteiger partial charge in [0.05, 0.1) is 5.75 Å². The highest BCUT2D eigenvalue weighted by Gasteiger charge is 2.08. The van der Waals surface area contributed by atoms with Crippen LogP contribution in [0.25, 0.3) is 0 Å². The highest BCUT2D eigenvalue weighted by Crippen LogP contribution is 2.09. The van der Waals surface area contributed by atoms with E-state index in [1.807, 2.05) is 0 Å². The minimum Gasteiger partial charge on any atom is -0.348 e. The third-order valence-corrected chi connectivity index (χ3v) is 3.84. The number of carbonyl (C=O) groups excluding carboxylic acids is 1. The van der Waals surface area contributed by atoms with E-state index in [1.54, 1.807) is 36.4 Å². The molecule has 0 radical (unpaired) electrons. The van der Waals surface area contributed by atoms with Gasteiger partial charge in [-0.15, -0.1) is 0 Å². The molecule has 0 unspecified atom stereocenters. The summed E-state index contributed by atoms with van der Waals surface area (Å²) < 4.78 is 35.4. The summed E-state index contributed by atoms with van der Waals surface area (Å²) in [6, 6.07) is 12.4. The molecule has 2 aromatic rings. The fourth-order valence-electron chi connectivity index (χ4n) is 1.99. The average molecular weight is 321 g/mol. The maximum absolute atomic E-state index is 13.0. The molecule has 6 heteroatoms. The van der Waals surface area contributed by atoms with Crippen molar-refractivity contribution in [3.05, 3.63) is 71.0 Å². The van der Waals surface area contributed by atoms with Gasteiger partial charge in [-0.2, -0.15) is 0 Å². The smallest absolute Gasteiger partial charge is 0.251 e. The molecule has 0 bridgehead atoms. The zero-order valence-electron chi connectivity index (χ0n) is 12.0. The molecule has 0 atom stereocenters. The number of nitrogens with one attached hydrogen (secondary N) is 1. The Kier molecular flexibility index (Phi) is 4.92. The Balaban J connectivity index is 1.98. The second-order valence-corrected chi connectivity index (χ2v) is 7.22. The van der Waals surface area contributed by atoms with Crippen molar-refractivity contribution in [2.24, 2.45) is 0 Å². The number of rotatable bonds is 5. The topological polar surface area (TPSA) is 63.2 Å². The largest absolute Gasteiger partial charge is 0.348 e. The molecule has 2 aromatic carbocycles. The number of hydrogen-bond donors (Lipinski definition) is 1. The second kappa shape index (κ2) is 6.70. The van der Waals surface area contributed by atoms with E-state index in [0.29, 0.717) is 16.7 Å². The van der Waals surface area contributed by atoms with Crippen molar-refractivity contribution in [2.45, 2.75) is 12.3 Å². The van der Waals surface area contributed by atoms with Crippen LogP contribution in [0.4, 0.5) is 4.39 Å². The molecule has 116 valence electrons. The molecule has 0 fully saturated rings. The van der Waals surface area contributed by atoms with E-state index in [9.17, 15) is 17.6 Å². The van der Waals surface area contributed by atoms with Crippen molar-refractivity contribution < 1.29 is 17.6 Å². The molecule has 0 saturated carbocycles. The van der Waals surface area contributed by atoms with Gasteiger partial charge in [-0.3, -0.25) is 4.79 Å². The van der Waals surface area contributed by atoms with Crippen LogP contribution >= 0.6 is 0 Å². The minimum atomic E-state index is -3.10. The van der Waals surface area contributed by atoms with Crippen molar-refractivity contribution in [1.29, 1.82) is 0 Å². The van der Waals surface area contributed by atoms with Gasteiger partial charge in [0.2, 0.25) is 0 Å². The lowest BCUT2D eigenvalue weighted by Gasteiger charge is -2.06. The highest BCUT2D eigenvalue weighted by atomic mass is 32.2. The summed E-state index contributed by atoms with van der Waals surface area (Å²) in [6.45, 7) is 0.224. The van der Waals surface area contributed by atoms with Gasteiger partial charge in [0.15, 0.2) is 9.84 Å². The lowest BCUT2D eigenvalue weighted by molar-refractivity contribution is 0.0951. The fourth-order valence-corrected chi connectivity index (χ4v) is 2.78. The Hall–Kier alpha value is -2.21. The molecule has 1 amide bonds. The van der Waals surface area contributed by atoms with Crippen LogP contribution in [0, 0.1) is 5.82 Å². The van der Waals surface area contributed by atoms with Crippen molar-refractivity contribution >= 4 is 15.7 Å². The van der Waals surface area contributed by atoms with Gasteiger partial charge < -0.3 is 5.32 Å². The predicted octanol–water partition coefficient (Wildman–Crippen LogP) is 2.30. The van der Waals surface area contributed by atoms with Gasteiger partial charge in [-0.05, 0) is 35.4 Å². The quantitative estimate of drug-likeness (QED) is 0.919. The number of amides is 1. The molecule has 0 aliphatic carbocycles. The lowest BCUT2D eigenvalue weighted by atomic mass is 10.1. The number of sulfone groups is 1. The fraction of sp³-hybridized carbons (Fsp3) is 0.188. The number of hydrogen-bond acceptors (Lipinski definition) is 3. The van der Waals surface area contributed by atoms with E-state index >= 15 is 0 Å². The monoisotopic (exact) mass is 321 g/mol. The van der Waals surface area contributed by atoms with Crippen LogP contribution in [-0.2, 0) is 22.1 Å². The summed E-state index contributed by atoms with van der Waals surface area (Å²) in [7, 11) is -3.10. The molecule has 0 aliphatic rings. The van der Waals surface area contributed by atoms with Gasteiger partial charge in [-0.1, -0.05) is 24.3 Å². The molecular formula is C16H16FNO3S. The highest BCUT2D eigenvalue weighted by molar-refractivity contribution is 7.89. The molecular weight excluding hydrogens is 305 g/mol. The van der Waals surface area contributed by atoms with Crippen LogP contribution in [0.5, 0.6) is 0 Å². The van der Waals surface area contributed by atoms with Gasteiger partial charge in [0.25, 0.3) is 5.91 Å². The third-order valence-electron chi connectivity index (χ3n) is 2.99. The zero-order chi connectivity index (χ0) is 16.2. The summed E-state index contributed by atoms with van der Waals surface area (Å²) in [5.41, 5.74) is 1.72. The average Bonchev–Trinajstić information content (AvgIpc) is 2.44. The van der Waals surface area contributed by atoms with Crippen LogP contribution in [0.1, 0.15) is 21.5 Å². The molecule has 22 heavy (non-hydrogen) atoms. The van der Waals surface area contributed by atoms with Gasteiger partial charge in [-0.25, -0.2) is 12.8 Å². The molecule has 0 aromatic heterocycles. The van der Waals surface area contributed by atoms with Gasteiger partial charge in [0, 0.05) is 18.4 Å². The van der Waals surface area contributed by atoms with Crippen molar-refractivity contribution in [2.75, 3.05) is 6.26 Å². The second-order valence-electron chi connectivity index (χ2n) is 5.08. The number of benzene rings is 2. The maximum Gasteiger partial charge on any atom is 0.251 e. The van der Waals surface area contributed by atoms with Gasteiger partial charge in [0.1, 0.15) is 5.82 Å². The maximum atomic E-state index is 13.0. The number of carbonyl (C=O) groups is 1. The Morgan fingerprint density at radius 2 is 1.77 bits per heavy atom. The van der Waals surface area contributed by atoms with E-state index in [2.05, 4.69) is 5.32 Å². The van der Waals surface area contributed by atoms with E-state index in [0.717, 1.165) is 6.26 Å². The first-order valence-electron chi connectivity index (χ1n) is 6.63. The Morgan fingerprint density at radius 1 is 1.09 bits per heavy atom. The first-order valence-corrected chi connectivity index (χ1v) is 8.69. The SMILES string of the molecule is CS(=O)(=O)Cc1ccc(C(=O)NCc2cccc(F)c2)cc1. The predicted molar refractivity (Wildman–Crippen MR) is 82.6 cm³/mol. The first-order chi connectivity index (χ1) is 10.3. The van der Waals surface area contributed by atoms with E-state index in [4.69, 9.17) is 0 Å². The molecule has 1 N–H and O–H groups in total. The van der Waals surface area contributed by atoms with E-state index in [-0.39, 0.29) is 24.0 Å². The van der Waals surface area contributed by atoms with Crippen LogP contribution in [0.3, 0.4) is 0 Å². The van der Waals surface area contributed by atoms with Gasteiger partial charge >= 0.3 is 0 Å². The van der Waals surface area contributed by atoms with Crippen molar-refractivity contribution in [3.8, 4) is 0 Å². The Bertz CT molecular complexity index is 770. The third kappa shape index (κ3) is 4.96. The summed E-state index contributed by atoms with van der Waals surface area (Å²) in [5, 5.41) is 2.69. The Morgan fingerprint density at radius 3 is 2.36 bits per heavy atom. The van der Waals surface area contributed by atoms with Crippen LogP contribution in [0.2, 0.25) is 0 Å². The van der Waals surface area contributed by atoms with Crippen molar-refractivity contribution in [1.82, 2.24) is 5.32 Å². The minimum absolute atomic E-state index is 0.0573. The lowest BCUT2D eigenvalue weighted by Crippen LogP contribution is -2.22. The van der Waals surface area contributed by atoms with Crippen LogP contribution < -0.4 is 5.32 Å². The number of halogens is 1. The summed E-state index contributed by atoms with van der Waals surface area (Å²) in [6.07, 6.45) is 1.16. The van der Waals surface area contributed by atoms with Crippen molar-refractivity contribution in [3.63, 3.8) is 0 Å². The molecule has 2 rings (SSSR count). The standard InChI is InChI=1S/C16H16FNO3S/c1-22(20,21)11-12-5-7-14(8-6-12)16(19)18-10-13-3-2-4-15(17)9-13/h2-9H,10-11H2,1H3,(H,18,19). The van der Waals surface area contributed by atoms with E-state index < -0.39 is 9.84 Å². The zero-order valence-corrected chi connectivity index (χ0v) is 12.9. The summed E-state index contributed by atoms with van der Waals surface area (Å²) in [4.78, 5) is 12.0. The van der Waals surface area contributed by atoms with Crippen LogP contribution in [-0.4, -0.2) is 20.6 Å².